The summed E-state index contributed by atoms with van der Waals surface area (Å²) in [5, 5.41) is 0. The number of benzene rings is 13. The van der Waals surface area contributed by atoms with E-state index in [1.54, 1.807) is 12.1 Å². The number of para-hydroxylation sites is 2. The van der Waals surface area contributed by atoms with Crippen molar-refractivity contribution in [2.24, 2.45) is 0 Å². The van der Waals surface area contributed by atoms with Crippen LogP contribution < -0.4 is 9.80 Å². The Hall–Kier alpha value is -10.7. The monoisotopic (exact) mass is 1070 g/mol. The van der Waals surface area contributed by atoms with E-state index < -0.39 is 5.41 Å². The molecule has 0 aromatic heterocycles. The molecule has 0 saturated heterocycles. The Balaban J connectivity index is 1.02. The maximum atomic E-state index is 16.0. The maximum Gasteiger partial charge on any atom is 0.123 e. The van der Waals surface area contributed by atoms with E-state index in [1.807, 2.05) is 18.2 Å². The van der Waals surface area contributed by atoms with Gasteiger partial charge in [-0.15, -0.1) is 0 Å². The topological polar surface area (TPSA) is 6.48 Å². The van der Waals surface area contributed by atoms with Crippen molar-refractivity contribution >= 4 is 34.1 Å². The summed E-state index contributed by atoms with van der Waals surface area (Å²) in [5.41, 5.74) is 23.0. The van der Waals surface area contributed by atoms with Crippen molar-refractivity contribution < 1.29 is 8.78 Å². The van der Waals surface area contributed by atoms with Gasteiger partial charge in [0.05, 0.1) is 16.8 Å². The predicted octanol–water partition coefficient (Wildman–Crippen LogP) is 21.6. The summed E-state index contributed by atoms with van der Waals surface area (Å²) < 4.78 is 32.0. The fraction of sp³-hybridized carbons (Fsp3) is 0.0127. The van der Waals surface area contributed by atoms with Crippen molar-refractivity contribution in [2.45, 2.75) is 5.41 Å². The lowest BCUT2D eigenvalue weighted by Crippen LogP contribution is -2.26. The lowest BCUT2D eigenvalue weighted by molar-refractivity contribution is 0.618. The van der Waals surface area contributed by atoms with Crippen molar-refractivity contribution in [3.63, 3.8) is 0 Å². The molecular weight excluding hydrogens is 1010 g/mol. The molecule has 2 aliphatic rings. The largest absolute Gasteiger partial charge is 0.310 e. The van der Waals surface area contributed by atoms with Crippen LogP contribution in [-0.2, 0) is 5.41 Å². The highest BCUT2D eigenvalue weighted by Crippen LogP contribution is 2.63. The Kier molecular flexibility index (Phi) is 12.2. The normalized spacial score (nSPS) is 12.3. The van der Waals surface area contributed by atoms with E-state index in [1.165, 1.54) is 12.1 Å². The van der Waals surface area contributed by atoms with Crippen LogP contribution in [0.3, 0.4) is 0 Å². The molecule has 15 rings (SSSR count). The van der Waals surface area contributed by atoms with Crippen LogP contribution in [0.1, 0.15) is 22.3 Å². The van der Waals surface area contributed by atoms with E-state index >= 15 is 8.78 Å². The quantitative estimate of drug-likeness (QED) is 0.127. The molecule has 0 saturated carbocycles. The van der Waals surface area contributed by atoms with Gasteiger partial charge in [-0.2, -0.15) is 0 Å². The minimum Gasteiger partial charge on any atom is -0.310 e. The molecule has 13 aromatic carbocycles. The van der Waals surface area contributed by atoms with Crippen LogP contribution in [0, 0.1) is 11.6 Å². The fourth-order valence-corrected chi connectivity index (χ4v) is 13.1. The lowest BCUT2D eigenvalue weighted by Gasteiger charge is -2.33. The highest BCUT2D eigenvalue weighted by atomic mass is 19.1. The average Bonchev–Trinajstić information content (AvgIpc) is 1.82. The number of halogens is 2. The first-order valence-corrected chi connectivity index (χ1v) is 28.2. The minimum atomic E-state index is -1.00. The Labute approximate surface area is 482 Å². The number of fused-ring (bicyclic) bond motifs is 10. The van der Waals surface area contributed by atoms with Crippen molar-refractivity contribution in [1.29, 1.82) is 0 Å². The number of anilines is 6. The summed E-state index contributed by atoms with van der Waals surface area (Å²) in [4.78, 5) is 4.78. The third-order valence-electron chi connectivity index (χ3n) is 16.8. The summed E-state index contributed by atoms with van der Waals surface area (Å²) in [7, 11) is 0. The van der Waals surface area contributed by atoms with Gasteiger partial charge in [0.15, 0.2) is 0 Å². The molecule has 392 valence electrons. The van der Waals surface area contributed by atoms with Gasteiger partial charge in [0.25, 0.3) is 0 Å². The van der Waals surface area contributed by atoms with E-state index in [9.17, 15) is 0 Å². The van der Waals surface area contributed by atoms with Crippen molar-refractivity contribution in [3.8, 4) is 77.9 Å². The van der Waals surface area contributed by atoms with E-state index in [2.05, 4.69) is 283 Å². The van der Waals surface area contributed by atoms with Gasteiger partial charge in [-0.05, 0) is 174 Å². The first-order chi connectivity index (χ1) is 41.0. The second-order valence-electron chi connectivity index (χ2n) is 21.4. The average molecular weight is 1070 g/mol. The SMILES string of the molecule is Fc1ccc2c(c1)C1(c3ccccc3-c3ccc(-c4cc(N(c5ccc(-c6ccccc6)cc5)c5ccccc5-c5ccccc5)cc(N(c5ccc(-c6ccccc6)cc5)c5ccccc5-c5ccccc5)c4)cc31)c1cc(F)ccc1-2. The smallest absolute Gasteiger partial charge is 0.123 e. The zero-order valence-corrected chi connectivity index (χ0v) is 45.2. The molecule has 2 nitrogen and oxygen atoms in total. The van der Waals surface area contributed by atoms with Gasteiger partial charge in [-0.1, -0.05) is 231 Å². The first-order valence-electron chi connectivity index (χ1n) is 28.2. The van der Waals surface area contributed by atoms with Crippen LogP contribution in [0.2, 0.25) is 0 Å². The third-order valence-corrected chi connectivity index (χ3v) is 16.8. The van der Waals surface area contributed by atoms with Gasteiger partial charge in [0.1, 0.15) is 11.6 Å². The standard InChI is InChI=1S/C79H52F2N2/c80-61-38-45-71-72-46-39-62(81)51-76(72)79(75(71)50-61)73-30-16-13-29-69(73)70-44-37-59(49-74(70)79)60-47-65(82(63-40-33-55(34-41-63)53-19-5-1-6-20-53)77-31-17-14-27-67(77)57-23-9-3-10-24-57)52-66(48-60)83(64-42-35-56(36-43-64)54-21-7-2-8-22-54)78-32-18-15-28-68(78)58-25-11-4-12-26-58/h1-52H. The molecule has 2 aliphatic carbocycles. The number of hydrogen-bond donors (Lipinski definition) is 0. The van der Waals surface area contributed by atoms with Gasteiger partial charge in [0, 0.05) is 33.9 Å². The van der Waals surface area contributed by atoms with Gasteiger partial charge >= 0.3 is 0 Å². The number of rotatable bonds is 11. The highest BCUT2D eigenvalue weighted by Gasteiger charge is 2.52. The Bertz CT molecular complexity index is 4320. The molecule has 0 amide bonds. The van der Waals surface area contributed by atoms with Gasteiger partial charge in [-0.3, -0.25) is 0 Å². The zero-order chi connectivity index (χ0) is 55.4. The molecule has 13 aromatic rings. The van der Waals surface area contributed by atoms with Crippen LogP contribution in [0.4, 0.5) is 42.9 Å². The molecule has 0 atom stereocenters. The second kappa shape index (κ2) is 20.5. The zero-order valence-electron chi connectivity index (χ0n) is 45.2. The fourth-order valence-electron chi connectivity index (χ4n) is 13.1. The van der Waals surface area contributed by atoms with Crippen LogP contribution in [0.15, 0.2) is 315 Å². The Morgan fingerprint density at radius 3 is 1.00 bits per heavy atom. The third kappa shape index (κ3) is 8.46. The van der Waals surface area contributed by atoms with Gasteiger partial charge < -0.3 is 9.80 Å². The Morgan fingerprint density at radius 1 is 0.205 bits per heavy atom. The molecule has 0 fully saturated rings. The van der Waals surface area contributed by atoms with E-state index in [0.29, 0.717) is 0 Å². The van der Waals surface area contributed by atoms with E-state index in [0.717, 1.165) is 134 Å². The molecule has 0 heterocycles. The molecule has 0 aliphatic heterocycles. The van der Waals surface area contributed by atoms with Crippen LogP contribution in [-0.4, -0.2) is 0 Å². The van der Waals surface area contributed by atoms with Gasteiger partial charge in [0.2, 0.25) is 0 Å². The maximum absolute atomic E-state index is 16.0. The van der Waals surface area contributed by atoms with Crippen LogP contribution in [0.25, 0.3) is 77.9 Å². The van der Waals surface area contributed by atoms with Crippen molar-refractivity contribution in [2.75, 3.05) is 9.80 Å². The van der Waals surface area contributed by atoms with E-state index in [-0.39, 0.29) is 11.6 Å². The summed E-state index contributed by atoms with van der Waals surface area (Å²) in [5.74, 6) is -0.674. The molecule has 0 N–H and O–H groups in total. The molecule has 83 heavy (non-hydrogen) atoms. The first kappa shape index (κ1) is 49.4. The molecule has 4 heteroatoms. The Morgan fingerprint density at radius 2 is 0.542 bits per heavy atom. The summed E-state index contributed by atoms with van der Waals surface area (Å²) in [6.45, 7) is 0. The molecular formula is C79H52F2N2. The number of nitrogens with zero attached hydrogens (tertiary/aromatic N) is 2. The summed E-state index contributed by atoms with van der Waals surface area (Å²) in [6, 6.07) is 109. The predicted molar refractivity (Wildman–Crippen MR) is 339 cm³/mol. The highest BCUT2D eigenvalue weighted by molar-refractivity contribution is 5.98. The lowest BCUT2D eigenvalue weighted by atomic mass is 9.70. The molecule has 0 radical (unpaired) electrons. The molecule has 0 bridgehead atoms. The van der Waals surface area contributed by atoms with Crippen LogP contribution in [0.5, 0.6) is 0 Å². The second-order valence-corrected chi connectivity index (χ2v) is 21.4. The van der Waals surface area contributed by atoms with Crippen LogP contribution >= 0.6 is 0 Å². The van der Waals surface area contributed by atoms with Crippen molar-refractivity contribution in [3.05, 3.63) is 349 Å². The van der Waals surface area contributed by atoms with E-state index in [4.69, 9.17) is 0 Å². The minimum absolute atomic E-state index is 0.337. The summed E-state index contributed by atoms with van der Waals surface area (Å²) in [6.07, 6.45) is 0. The number of hydrogen-bond acceptors (Lipinski definition) is 2. The van der Waals surface area contributed by atoms with Gasteiger partial charge in [-0.25, -0.2) is 8.78 Å². The molecule has 1 spiro atoms. The molecule has 0 unspecified atom stereocenters. The summed E-state index contributed by atoms with van der Waals surface area (Å²) >= 11 is 0. The van der Waals surface area contributed by atoms with Crippen molar-refractivity contribution in [1.82, 2.24) is 0 Å².